The van der Waals surface area contributed by atoms with Crippen LogP contribution in [0.2, 0.25) is 0 Å². The van der Waals surface area contributed by atoms with Crippen molar-refractivity contribution in [1.82, 2.24) is 19.7 Å². The minimum Gasteiger partial charge on any atom is -0.508 e. The zero-order chi connectivity index (χ0) is 19.3. The number of piperidine rings is 1. The second-order valence-corrected chi connectivity index (χ2v) is 7.27. The fourth-order valence-corrected chi connectivity index (χ4v) is 3.86. The first-order valence-electron chi connectivity index (χ1n) is 9.74. The van der Waals surface area contributed by atoms with Crippen LogP contribution in [0.1, 0.15) is 41.6 Å². The molecule has 28 heavy (non-hydrogen) atoms. The number of aromatic hydroxyl groups is 1. The molecule has 6 nitrogen and oxygen atoms in total. The van der Waals surface area contributed by atoms with Crippen LogP contribution in [0.4, 0.5) is 0 Å². The van der Waals surface area contributed by atoms with Gasteiger partial charge < -0.3 is 10.0 Å². The Morgan fingerprint density at radius 2 is 1.86 bits per heavy atom. The SMILES string of the molecule is O=C(c1cccc(-n2cnnc2)c1)N1CCCC[C@@H]1CCc1ccc(O)cc1. The molecular weight excluding hydrogens is 352 g/mol. The molecular formula is C22H24N4O2. The monoisotopic (exact) mass is 376 g/mol. The topological polar surface area (TPSA) is 71.2 Å². The van der Waals surface area contributed by atoms with E-state index < -0.39 is 0 Å². The highest BCUT2D eigenvalue weighted by molar-refractivity contribution is 5.95. The lowest BCUT2D eigenvalue weighted by atomic mass is 9.95. The van der Waals surface area contributed by atoms with Gasteiger partial charge in [-0.2, -0.15) is 0 Å². The van der Waals surface area contributed by atoms with Gasteiger partial charge in [-0.15, -0.1) is 10.2 Å². The van der Waals surface area contributed by atoms with Gasteiger partial charge in [0.1, 0.15) is 18.4 Å². The zero-order valence-electron chi connectivity index (χ0n) is 15.7. The first-order chi connectivity index (χ1) is 13.7. The lowest BCUT2D eigenvalue weighted by Gasteiger charge is -2.36. The molecule has 1 aromatic heterocycles. The molecule has 0 saturated carbocycles. The van der Waals surface area contributed by atoms with Crippen molar-refractivity contribution in [3.8, 4) is 11.4 Å². The number of hydrogen-bond donors (Lipinski definition) is 1. The van der Waals surface area contributed by atoms with Gasteiger partial charge in [-0.25, -0.2) is 0 Å². The third-order valence-electron chi connectivity index (χ3n) is 5.40. The molecule has 0 bridgehead atoms. The van der Waals surface area contributed by atoms with E-state index in [0.29, 0.717) is 5.56 Å². The standard InChI is InChI=1S/C22H24N4O2/c27-21-11-8-17(9-12-21)7-10-19-5-1-2-13-26(19)22(28)18-4-3-6-20(14-18)25-15-23-24-16-25/h3-4,6,8-9,11-12,14-16,19,27H,1-2,5,7,10,13H2/t19-/m1/s1. The van der Waals surface area contributed by atoms with Crippen molar-refractivity contribution in [2.75, 3.05) is 6.54 Å². The molecule has 1 N–H and O–H groups in total. The number of aromatic nitrogens is 3. The summed E-state index contributed by atoms with van der Waals surface area (Å²) in [5, 5.41) is 17.1. The number of carbonyl (C=O) groups excluding carboxylic acids is 1. The lowest BCUT2D eigenvalue weighted by Crippen LogP contribution is -2.44. The average molecular weight is 376 g/mol. The van der Waals surface area contributed by atoms with Crippen LogP contribution in [-0.2, 0) is 6.42 Å². The van der Waals surface area contributed by atoms with E-state index in [2.05, 4.69) is 10.2 Å². The van der Waals surface area contributed by atoms with E-state index in [4.69, 9.17) is 0 Å². The molecule has 2 heterocycles. The highest BCUT2D eigenvalue weighted by Gasteiger charge is 2.27. The second kappa shape index (κ2) is 8.25. The first kappa shape index (κ1) is 18.2. The molecule has 0 spiro atoms. The van der Waals surface area contributed by atoms with Crippen LogP contribution in [0.3, 0.4) is 0 Å². The molecule has 1 amide bonds. The number of carbonyl (C=O) groups is 1. The third-order valence-corrected chi connectivity index (χ3v) is 5.40. The largest absolute Gasteiger partial charge is 0.508 e. The Kier molecular flexibility index (Phi) is 5.37. The number of phenolic OH excluding ortho intramolecular Hbond substituents is 1. The Morgan fingerprint density at radius 1 is 1.07 bits per heavy atom. The first-order valence-corrected chi connectivity index (χ1v) is 9.74. The van der Waals surface area contributed by atoms with Crippen molar-refractivity contribution in [3.63, 3.8) is 0 Å². The molecule has 6 heteroatoms. The minimum atomic E-state index is 0.0883. The van der Waals surface area contributed by atoms with E-state index in [9.17, 15) is 9.90 Å². The van der Waals surface area contributed by atoms with Crippen molar-refractivity contribution < 1.29 is 9.90 Å². The molecule has 4 rings (SSSR count). The predicted molar refractivity (Wildman–Crippen MR) is 106 cm³/mol. The molecule has 3 aromatic rings. The molecule has 1 aliphatic rings. The number of likely N-dealkylation sites (tertiary alicyclic amines) is 1. The third kappa shape index (κ3) is 4.06. The number of hydrogen-bond acceptors (Lipinski definition) is 4. The Labute approximate surface area is 164 Å². The molecule has 144 valence electrons. The van der Waals surface area contributed by atoms with Crippen molar-refractivity contribution in [2.45, 2.75) is 38.1 Å². The summed E-state index contributed by atoms with van der Waals surface area (Å²) in [5.41, 5.74) is 2.77. The molecule has 0 aliphatic carbocycles. The van der Waals surface area contributed by atoms with Crippen LogP contribution in [0.25, 0.3) is 5.69 Å². The fraction of sp³-hybridized carbons (Fsp3) is 0.318. The van der Waals surface area contributed by atoms with Gasteiger partial charge in [-0.1, -0.05) is 18.2 Å². The summed E-state index contributed by atoms with van der Waals surface area (Å²) >= 11 is 0. The van der Waals surface area contributed by atoms with Crippen LogP contribution in [0.15, 0.2) is 61.2 Å². The van der Waals surface area contributed by atoms with Gasteiger partial charge in [0.05, 0.1) is 0 Å². The summed E-state index contributed by atoms with van der Waals surface area (Å²) in [6.45, 7) is 0.802. The predicted octanol–water partition coefficient (Wildman–Crippen LogP) is 3.60. The quantitative estimate of drug-likeness (QED) is 0.739. The van der Waals surface area contributed by atoms with Gasteiger partial charge in [0, 0.05) is 23.8 Å². The van der Waals surface area contributed by atoms with E-state index in [0.717, 1.165) is 44.3 Å². The van der Waals surface area contributed by atoms with E-state index in [-0.39, 0.29) is 17.7 Å². The smallest absolute Gasteiger partial charge is 0.254 e. The number of amides is 1. The van der Waals surface area contributed by atoms with Gasteiger partial charge in [-0.05, 0) is 68.0 Å². The van der Waals surface area contributed by atoms with Gasteiger partial charge in [0.25, 0.3) is 5.91 Å². The molecule has 1 fully saturated rings. The van der Waals surface area contributed by atoms with Gasteiger partial charge in [0.2, 0.25) is 0 Å². The molecule has 1 aliphatic heterocycles. The molecule has 0 unspecified atom stereocenters. The Morgan fingerprint density at radius 3 is 2.64 bits per heavy atom. The van der Waals surface area contributed by atoms with Gasteiger partial charge >= 0.3 is 0 Å². The maximum atomic E-state index is 13.2. The van der Waals surface area contributed by atoms with Crippen molar-refractivity contribution in [3.05, 3.63) is 72.3 Å². The van der Waals surface area contributed by atoms with E-state index in [1.165, 1.54) is 5.56 Å². The summed E-state index contributed by atoms with van der Waals surface area (Å²) < 4.78 is 1.80. The summed E-state index contributed by atoms with van der Waals surface area (Å²) in [6, 6.07) is 15.2. The average Bonchev–Trinajstić information content (AvgIpc) is 3.28. The van der Waals surface area contributed by atoms with Crippen molar-refractivity contribution in [2.24, 2.45) is 0 Å². The Hall–Kier alpha value is -3.15. The molecule has 0 radical (unpaired) electrons. The fourth-order valence-electron chi connectivity index (χ4n) is 3.86. The van der Waals surface area contributed by atoms with Crippen LogP contribution >= 0.6 is 0 Å². The van der Waals surface area contributed by atoms with E-state index in [1.54, 1.807) is 29.4 Å². The zero-order valence-corrected chi connectivity index (χ0v) is 15.7. The summed E-state index contributed by atoms with van der Waals surface area (Å²) in [7, 11) is 0. The maximum absolute atomic E-state index is 13.2. The van der Waals surface area contributed by atoms with Gasteiger partial charge in [0.15, 0.2) is 0 Å². The second-order valence-electron chi connectivity index (χ2n) is 7.27. The van der Waals surface area contributed by atoms with Gasteiger partial charge in [-0.3, -0.25) is 9.36 Å². The van der Waals surface area contributed by atoms with Crippen molar-refractivity contribution >= 4 is 5.91 Å². The summed E-state index contributed by atoms with van der Waals surface area (Å²) in [6.07, 6.45) is 8.33. The van der Waals surface area contributed by atoms with E-state index >= 15 is 0 Å². The number of nitrogens with zero attached hydrogens (tertiary/aromatic N) is 4. The Balaban J connectivity index is 1.48. The van der Waals surface area contributed by atoms with Crippen LogP contribution in [0, 0.1) is 0 Å². The minimum absolute atomic E-state index is 0.0883. The maximum Gasteiger partial charge on any atom is 0.254 e. The summed E-state index contributed by atoms with van der Waals surface area (Å²) in [4.78, 5) is 15.3. The molecule has 1 saturated heterocycles. The summed E-state index contributed by atoms with van der Waals surface area (Å²) in [5.74, 6) is 0.372. The van der Waals surface area contributed by atoms with Crippen LogP contribution in [0.5, 0.6) is 5.75 Å². The molecule has 1 atom stereocenters. The number of phenols is 1. The lowest BCUT2D eigenvalue weighted by molar-refractivity contribution is 0.0602. The highest BCUT2D eigenvalue weighted by atomic mass is 16.3. The van der Waals surface area contributed by atoms with Crippen LogP contribution in [-0.4, -0.2) is 43.3 Å². The normalized spacial score (nSPS) is 16.9. The van der Waals surface area contributed by atoms with E-state index in [1.807, 2.05) is 41.3 Å². The number of benzene rings is 2. The molecule has 2 aromatic carbocycles. The van der Waals surface area contributed by atoms with Crippen LogP contribution < -0.4 is 0 Å². The number of rotatable bonds is 5. The Bertz CT molecular complexity index is 922. The number of aryl methyl sites for hydroxylation is 1. The highest BCUT2D eigenvalue weighted by Crippen LogP contribution is 2.24. The van der Waals surface area contributed by atoms with Crippen molar-refractivity contribution in [1.29, 1.82) is 0 Å².